The van der Waals surface area contributed by atoms with Crippen LogP contribution in [0.15, 0.2) is 50.9 Å². The number of phenols is 1. The summed E-state index contributed by atoms with van der Waals surface area (Å²) in [6.45, 7) is 2.31. The third-order valence-electron chi connectivity index (χ3n) is 2.96. The molecule has 0 aliphatic carbocycles. The maximum Gasteiger partial charge on any atom is 0.276 e. The average molecular weight is 364 g/mol. The number of aromatic hydroxyl groups is 1. The number of carbonyl (C=O) groups excluding carboxylic acids is 1. The number of nitrogens with one attached hydrogen (secondary N) is 1. The van der Waals surface area contributed by atoms with Crippen molar-refractivity contribution in [1.82, 2.24) is 9.99 Å². The molecular weight excluding hydrogens is 350 g/mol. The van der Waals surface area contributed by atoms with E-state index >= 15 is 0 Å². The second-order valence-electron chi connectivity index (χ2n) is 4.42. The lowest BCUT2D eigenvalue weighted by molar-refractivity contribution is 0.0953. The summed E-state index contributed by atoms with van der Waals surface area (Å²) in [7, 11) is 0. The molecule has 0 spiro atoms. The molecule has 0 unspecified atom stereocenters. The summed E-state index contributed by atoms with van der Waals surface area (Å²) in [4.78, 5) is 23.9. The molecule has 0 fully saturated rings. The number of hydrogen-bond acceptors (Lipinski definition) is 4. The molecule has 6 nitrogen and oxygen atoms in total. The molecule has 0 saturated heterocycles. The Kier molecular flexibility index (Phi) is 5.11. The minimum absolute atomic E-state index is 0.0355. The van der Waals surface area contributed by atoms with Crippen LogP contribution >= 0.6 is 15.9 Å². The van der Waals surface area contributed by atoms with E-state index in [0.29, 0.717) is 16.6 Å². The van der Waals surface area contributed by atoms with Crippen molar-refractivity contribution < 1.29 is 9.90 Å². The summed E-state index contributed by atoms with van der Waals surface area (Å²) in [6.07, 6.45) is 3.04. The van der Waals surface area contributed by atoms with Crippen molar-refractivity contribution >= 4 is 28.1 Å². The van der Waals surface area contributed by atoms with Crippen molar-refractivity contribution in [3.63, 3.8) is 0 Å². The van der Waals surface area contributed by atoms with Crippen LogP contribution in [-0.4, -0.2) is 21.8 Å². The van der Waals surface area contributed by atoms with Crippen LogP contribution in [0.25, 0.3) is 0 Å². The zero-order valence-electron chi connectivity index (χ0n) is 11.8. The predicted octanol–water partition coefficient (Wildman–Crippen LogP) is 2.10. The van der Waals surface area contributed by atoms with Gasteiger partial charge in [-0.3, -0.25) is 9.59 Å². The van der Waals surface area contributed by atoms with Crippen molar-refractivity contribution in [3.05, 3.63) is 62.5 Å². The predicted molar refractivity (Wildman–Crippen MR) is 87.2 cm³/mol. The molecule has 0 bridgehead atoms. The van der Waals surface area contributed by atoms with Crippen molar-refractivity contribution in [1.29, 1.82) is 0 Å². The zero-order valence-corrected chi connectivity index (χ0v) is 13.4. The Hall–Kier alpha value is -2.41. The van der Waals surface area contributed by atoms with Crippen molar-refractivity contribution in [2.75, 3.05) is 0 Å². The summed E-state index contributed by atoms with van der Waals surface area (Å²) in [5.74, 6) is -0.451. The first-order valence-electron chi connectivity index (χ1n) is 6.54. The highest BCUT2D eigenvalue weighted by Crippen LogP contribution is 2.23. The summed E-state index contributed by atoms with van der Waals surface area (Å²) >= 11 is 3.19. The molecule has 2 aromatic rings. The number of aryl methyl sites for hydroxylation is 1. The quantitative estimate of drug-likeness (QED) is 0.644. The molecule has 114 valence electrons. The zero-order chi connectivity index (χ0) is 16.1. The first-order chi connectivity index (χ1) is 10.5. The van der Waals surface area contributed by atoms with Crippen molar-refractivity contribution in [2.24, 2.45) is 5.10 Å². The molecule has 0 saturated carbocycles. The normalized spacial score (nSPS) is 10.8. The molecule has 2 rings (SSSR count). The van der Waals surface area contributed by atoms with E-state index in [9.17, 15) is 14.7 Å². The maximum atomic E-state index is 12.0. The summed E-state index contributed by atoms with van der Waals surface area (Å²) < 4.78 is 1.96. The first-order valence-corrected chi connectivity index (χ1v) is 7.33. The molecule has 0 aliphatic heterocycles. The van der Waals surface area contributed by atoms with Gasteiger partial charge in [0.15, 0.2) is 0 Å². The molecule has 1 amide bonds. The molecule has 0 aliphatic rings. The SMILES string of the molecule is CCn1cccc(C(=O)N/N=C\c2ccc(O)c(Br)c2)c1=O. The summed E-state index contributed by atoms with van der Waals surface area (Å²) in [6, 6.07) is 7.89. The van der Waals surface area contributed by atoms with Crippen LogP contribution in [-0.2, 0) is 6.54 Å². The van der Waals surface area contributed by atoms with Gasteiger partial charge in [0.1, 0.15) is 11.3 Å². The van der Waals surface area contributed by atoms with Gasteiger partial charge in [0.05, 0.1) is 10.7 Å². The van der Waals surface area contributed by atoms with E-state index in [1.54, 1.807) is 24.4 Å². The smallest absolute Gasteiger partial charge is 0.276 e. The number of carbonyl (C=O) groups is 1. The Balaban J connectivity index is 2.11. The first kappa shape index (κ1) is 16.0. The van der Waals surface area contributed by atoms with Gasteiger partial charge >= 0.3 is 0 Å². The highest BCUT2D eigenvalue weighted by atomic mass is 79.9. The second kappa shape index (κ2) is 7.04. The third kappa shape index (κ3) is 3.62. The molecule has 2 N–H and O–H groups in total. The van der Waals surface area contributed by atoms with Gasteiger partial charge in [0, 0.05) is 12.7 Å². The highest BCUT2D eigenvalue weighted by molar-refractivity contribution is 9.10. The van der Waals surface area contributed by atoms with Gasteiger partial charge in [0.2, 0.25) is 0 Å². The van der Waals surface area contributed by atoms with Crippen LogP contribution in [0.1, 0.15) is 22.8 Å². The van der Waals surface area contributed by atoms with Gasteiger partial charge in [-0.1, -0.05) is 0 Å². The fraction of sp³-hybridized carbons (Fsp3) is 0.133. The Morgan fingerprint density at radius 1 is 1.45 bits per heavy atom. The Morgan fingerprint density at radius 2 is 2.23 bits per heavy atom. The van der Waals surface area contributed by atoms with E-state index < -0.39 is 5.91 Å². The van der Waals surface area contributed by atoms with Gasteiger partial charge in [-0.25, -0.2) is 5.43 Å². The number of amides is 1. The lowest BCUT2D eigenvalue weighted by Gasteiger charge is -2.04. The average Bonchev–Trinajstić information content (AvgIpc) is 2.51. The number of hydrazone groups is 1. The number of hydrogen-bond donors (Lipinski definition) is 2. The lowest BCUT2D eigenvalue weighted by Crippen LogP contribution is -2.30. The minimum Gasteiger partial charge on any atom is -0.507 e. The second-order valence-corrected chi connectivity index (χ2v) is 5.28. The number of pyridine rings is 1. The van der Waals surface area contributed by atoms with Gasteiger partial charge in [-0.15, -0.1) is 0 Å². The van der Waals surface area contributed by atoms with Gasteiger partial charge in [-0.05, 0) is 58.7 Å². The molecule has 7 heteroatoms. The molecule has 22 heavy (non-hydrogen) atoms. The maximum absolute atomic E-state index is 12.0. The van der Waals surface area contributed by atoms with Crippen LogP contribution in [0, 0.1) is 0 Å². The number of aromatic nitrogens is 1. The van der Waals surface area contributed by atoms with Gasteiger partial charge in [0.25, 0.3) is 11.5 Å². The van der Waals surface area contributed by atoms with Crippen LogP contribution in [0.2, 0.25) is 0 Å². The van der Waals surface area contributed by atoms with E-state index in [0.717, 1.165) is 0 Å². The summed E-state index contributed by atoms with van der Waals surface area (Å²) in [5, 5.41) is 13.2. The van der Waals surface area contributed by atoms with Crippen molar-refractivity contribution in [3.8, 4) is 5.75 Å². The summed E-state index contributed by atoms with van der Waals surface area (Å²) in [5.41, 5.74) is 2.68. The number of benzene rings is 1. The van der Waals surface area contributed by atoms with Crippen LogP contribution < -0.4 is 11.0 Å². The molecular formula is C15H14BrN3O3. The number of halogens is 1. The molecule has 1 heterocycles. The standard InChI is InChI=1S/C15H14BrN3O3/c1-2-19-7-3-4-11(15(19)22)14(21)18-17-9-10-5-6-13(20)12(16)8-10/h3-9,20H,2H2,1H3,(H,18,21)/b17-9-. The Bertz CT molecular complexity index is 784. The topological polar surface area (TPSA) is 83.7 Å². The monoisotopic (exact) mass is 363 g/mol. The fourth-order valence-electron chi connectivity index (χ4n) is 1.79. The highest BCUT2D eigenvalue weighted by Gasteiger charge is 2.10. The fourth-order valence-corrected chi connectivity index (χ4v) is 2.18. The lowest BCUT2D eigenvalue weighted by atomic mass is 10.2. The molecule has 1 aromatic carbocycles. The van der Waals surface area contributed by atoms with Crippen molar-refractivity contribution in [2.45, 2.75) is 13.5 Å². The molecule has 0 radical (unpaired) electrons. The largest absolute Gasteiger partial charge is 0.507 e. The Labute approximate surface area is 135 Å². The number of nitrogens with zero attached hydrogens (tertiary/aromatic N) is 2. The number of phenolic OH excluding ortho intramolecular Hbond substituents is 1. The Morgan fingerprint density at radius 3 is 2.91 bits per heavy atom. The van der Waals surface area contributed by atoms with E-state index in [1.165, 1.54) is 22.9 Å². The van der Waals surface area contributed by atoms with Gasteiger partial charge in [-0.2, -0.15) is 5.10 Å². The van der Waals surface area contributed by atoms with E-state index in [1.807, 2.05) is 6.92 Å². The van der Waals surface area contributed by atoms with Crippen LogP contribution in [0.4, 0.5) is 0 Å². The minimum atomic E-state index is -0.568. The molecule has 1 aromatic heterocycles. The van der Waals surface area contributed by atoms with E-state index in [2.05, 4.69) is 26.5 Å². The van der Waals surface area contributed by atoms with E-state index in [-0.39, 0.29) is 16.9 Å². The van der Waals surface area contributed by atoms with E-state index in [4.69, 9.17) is 0 Å². The number of rotatable bonds is 4. The van der Waals surface area contributed by atoms with Crippen LogP contribution in [0.5, 0.6) is 5.75 Å². The van der Waals surface area contributed by atoms with Crippen LogP contribution in [0.3, 0.4) is 0 Å². The molecule has 0 atom stereocenters. The van der Waals surface area contributed by atoms with Gasteiger partial charge < -0.3 is 9.67 Å². The third-order valence-corrected chi connectivity index (χ3v) is 3.59.